The Kier molecular flexibility index (Phi) is 3.78. The third-order valence-electron chi connectivity index (χ3n) is 3.59. The quantitative estimate of drug-likeness (QED) is 0.915. The van der Waals surface area contributed by atoms with E-state index in [0.717, 1.165) is 11.3 Å². The van der Waals surface area contributed by atoms with Gasteiger partial charge in [-0.05, 0) is 42.3 Å². The average Bonchev–Trinajstić information content (AvgIpc) is 2.54. The monoisotopic (exact) mass is 296 g/mol. The molecule has 1 heterocycles. The first-order chi connectivity index (χ1) is 10.7. The molecule has 5 nitrogen and oxygen atoms in total. The topological polar surface area (TPSA) is 67.4 Å². The van der Waals surface area contributed by atoms with E-state index in [2.05, 4.69) is 10.6 Å². The lowest BCUT2D eigenvalue weighted by molar-refractivity contribution is -0.116. The van der Waals surface area contributed by atoms with Crippen LogP contribution in [-0.2, 0) is 11.2 Å². The van der Waals surface area contributed by atoms with Gasteiger partial charge in [-0.3, -0.25) is 9.59 Å². The van der Waals surface area contributed by atoms with E-state index < -0.39 is 0 Å². The highest BCUT2D eigenvalue weighted by molar-refractivity contribution is 6.05. The summed E-state index contributed by atoms with van der Waals surface area (Å²) in [6.45, 7) is 0. The first-order valence-corrected chi connectivity index (χ1v) is 7.04. The van der Waals surface area contributed by atoms with Gasteiger partial charge in [0, 0.05) is 29.4 Å². The van der Waals surface area contributed by atoms with Gasteiger partial charge in [0.15, 0.2) is 0 Å². The Balaban J connectivity index is 1.79. The van der Waals surface area contributed by atoms with E-state index in [1.807, 2.05) is 18.2 Å². The van der Waals surface area contributed by atoms with Crippen LogP contribution in [0.2, 0.25) is 0 Å². The molecule has 0 atom stereocenters. The van der Waals surface area contributed by atoms with Crippen molar-refractivity contribution in [1.82, 2.24) is 0 Å². The Morgan fingerprint density at radius 2 is 2.05 bits per heavy atom. The van der Waals surface area contributed by atoms with Crippen molar-refractivity contribution in [3.63, 3.8) is 0 Å². The minimum Gasteiger partial charge on any atom is -0.497 e. The van der Waals surface area contributed by atoms with Crippen LogP contribution in [0.25, 0.3) is 0 Å². The van der Waals surface area contributed by atoms with Gasteiger partial charge >= 0.3 is 0 Å². The molecule has 112 valence electrons. The number of fused-ring (bicyclic) bond motifs is 1. The molecule has 2 aromatic carbocycles. The first-order valence-electron chi connectivity index (χ1n) is 7.04. The number of benzene rings is 2. The summed E-state index contributed by atoms with van der Waals surface area (Å²) in [6.07, 6.45) is 1.11. The molecule has 1 aliphatic heterocycles. The number of methoxy groups -OCH3 is 1. The van der Waals surface area contributed by atoms with Crippen LogP contribution < -0.4 is 15.4 Å². The fraction of sp³-hybridized carbons (Fsp3) is 0.176. The second kappa shape index (κ2) is 5.89. The van der Waals surface area contributed by atoms with Gasteiger partial charge in [0.05, 0.1) is 7.11 Å². The van der Waals surface area contributed by atoms with E-state index in [9.17, 15) is 9.59 Å². The molecule has 1 aliphatic rings. The molecule has 0 saturated heterocycles. The van der Waals surface area contributed by atoms with Crippen LogP contribution in [0.15, 0.2) is 42.5 Å². The highest BCUT2D eigenvalue weighted by Gasteiger charge is 2.16. The van der Waals surface area contributed by atoms with Crippen molar-refractivity contribution in [2.45, 2.75) is 12.8 Å². The highest BCUT2D eigenvalue weighted by atomic mass is 16.5. The molecule has 0 bridgehead atoms. The van der Waals surface area contributed by atoms with Gasteiger partial charge in [-0.2, -0.15) is 0 Å². The molecule has 0 unspecified atom stereocenters. The van der Waals surface area contributed by atoms with Gasteiger partial charge in [0.2, 0.25) is 5.91 Å². The zero-order valence-electron chi connectivity index (χ0n) is 12.2. The maximum Gasteiger partial charge on any atom is 0.255 e. The van der Waals surface area contributed by atoms with E-state index in [1.54, 1.807) is 31.4 Å². The molecule has 2 aromatic rings. The number of amides is 2. The molecular weight excluding hydrogens is 280 g/mol. The van der Waals surface area contributed by atoms with Gasteiger partial charge in [0.1, 0.15) is 5.75 Å². The van der Waals surface area contributed by atoms with Gasteiger partial charge in [-0.15, -0.1) is 0 Å². The summed E-state index contributed by atoms with van der Waals surface area (Å²) >= 11 is 0. The number of aryl methyl sites for hydroxylation is 1. The SMILES string of the molecule is COc1cccc(NC(=O)c2ccc3c(c2)CCC(=O)N3)c1. The van der Waals surface area contributed by atoms with Crippen LogP contribution in [-0.4, -0.2) is 18.9 Å². The van der Waals surface area contributed by atoms with Crippen molar-refractivity contribution in [1.29, 1.82) is 0 Å². The van der Waals surface area contributed by atoms with E-state index in [1.165, 1.54) is 0 Å². The Labute approximate surface area is 128 Å². The number of hydrogen-bond donors (Lipinski definition) is 2. The largest absolute Gasteiger partial charge is 0.497 e. The highest BCUT2D eigenvalue weighted by Crippen LogP contribution is 2.24. The lowest BCUT2D eigenvalue weighted by Gasteiger charge is -2.17. The third-order valence-corrected chi connectivity index (χ3v) is 3.59. The van der Waals surface area contributed by atoms with Gasteiger partial charge in [0.25, 0.3) is 5.91 Å². The summed E-state index contributed by atoms with van der Waals surface area (Å²) in [4.78, 5) is 23.7. The average molecular weight is 296 g/mol. The Morgan fingerprint density at radius 1 is 1.18 bits per heavy atom. The number of anilines is 2. The molecule has 3 rings (SSSR count). The van der Waals surface area contributed by atoms with Crippen molar-refractivity contribution < 1.29 is 14.3 Å². The number of ether oxygens (including phenoxy) is 1. The fourth-order valence-corrected chi connectivity index (χ4v) is 2.43. The Bertz CT molecular complexity index is 740. The molecule has 5 heteroatoms. The zero-order chi connectivity index (χ0) is 15.5. The van der Waals surface area contributed by atoms with Crippen LogP contribution in [0.5, 0.6) is 5.75 Å². The van der Waals surface area contributed by atoms with E-state index in [4.69, 9.17) is 4.74 Å². The summed E-state index contributed by atoms with van der Waals surface area (Å²) in [5.41, 5.74) is 3.01. The van der Waals surface area contributed by atoms with Gasteiger partial charge in [-0.25, -0.2) is 0 Å². The van der Waals surface area contributed by atoms with Crippen LogP contribution in [0.3, 0.4) is 0 Å². The molecule has 0 fully saturated rings. The number of nitrogens with one attached hydrogen (secondary N) is 2. The van der Waals surface area contributed by atoms with Crippen molar-refractivity contribution >= 4 is 23.2 Å². The molecule has 22 heavy (non-hydrogen) atoms. The number of hydrogen-bond acceptors (Lipinski definition) is 3. The summed E-state index contributed by atoms with van der Waals surface area (Å²) in [6, 6.07) is 12.5. The van der Waals surface area contributed by atoms with Crippen LogP contribution in [0, 0.1) is 0 Å². The summed E-state index contributed by atoms with van der Waals surface area (Å²) < 4.78 is 5.14. The third kappa shape index (κ3) is 2.93. The molecule has 0 aromatic heterocycles. The second-order valence-electron chi connectivity index (χ2n) is 5.11. The summed E-state index contributed by atoms with van der Waals surface area (Å²) in [7, 11) is 1.58. The molecule has 0 radical (unpaired) electrons. The van der Waals surface area contributed by atoms with E-state index in [0.29, 0.717) is 29.8 Å². The normalized spacial score (nSPS) is 13.0. The van der Waals surface area contributed by atoms with Gasteiger partial charge in [-0.1, -0.05) is 6.07 Å². The van der Waals surface area contributed by atoms with E-state index >= 15 is 0 Å². The maximum absolute atomic E-state index is 12.3. The van der Waals surface area contributed by atoms with Crippen molar-refractivity contribution in [2.24, 2.45) is 0 Å². The van der Waals surface area contributed by atoms with Crippen molar-refractivity contribution in [3.05, 3.63) is 53.6 Å². The molecular formula is C17H16N2O3. The zero-order valence-corrected chi connectivity index (χ0v) is 12.2. The standard InChI is InChI=1S/C17H16N2O3/c1-22-14-4-2-3-13(10-14)18-17(21)12-5-7-15-11(9-12)6-8-16(20)19-15/h2-5,7,9-10H,6,8H2,1H3,(H,18,21)(H,19,20). The van der Waals surface area contributed by atoms with Crippen LogP contribution >= 0.6 is 0 Å². The van der Waals surface area contributed by atoms with Crippen molar-refractivity contribution in [3.8, 4) is 5.75 Å². The molecule has 0 aliphatic carbocycles. The Hall–Kier alpha value is -2.82. The van der Waals surface area contributed by atoms with Crippen LogP contribution in [0.4, 0.5) is 11.4 Å². The minimum atomic E-state index is -0.187. The number of carbonyl (C=O) groups excluding carboxylic acids is 2. The summed E-state index contributed by atoms with van der Waals surface area (Å²) in [5, 5.41) is 5.65. The molecule has 0 saturated carbocycles. The fourth-order valence-electron chi connectivity index (χ4n) is 2.43. The molecule has 2 N–H and O–H groups in total. The predicted octanol–water partition coefficient (Wildman–Crippen LogP) is 2.83. The van der Waals surface area contributed by atoms with Crippen molar-refractivity contribution in [2.75, 3.05) is 17.7 Å². The molecule has 2 amide bonds. The number of rotatable bonds is 3. The van der Waals surface area contributed by atoms with E-state index in [-0.39, 0.29) is 11.8 Å². The maximum atomic E-state index is 12.3. The van der Waals surface area contributed by atoms with Crippen LogP contribution in [0.1, 0.15) is 22.3 Å². The lowest BCUT2D eigenvalue weighted by Crippen LogP contribution is -2.20. The first kappa shape index (κ1) is 14.1. The molecule has 0 spiro atoms. The Morgan fingerprint density at radius 3 is 2.86 bits per heavy atom. The predicted molar refractivity (Wildman–Crippen MR) is 84.3 cm³/mol. The smallest absolute Gasteiger partial charge is 0.255 e. The summed E-state index contributed by atoms with van der Waals surface area (Å²) in [5.74, 6) is 0.514. The number of carbonyl (C=O) groups is 2. The lowest BCUT2D eigenvalue weighted by atomic mass is 10.00. The van der Waals surface area contributed by atoms with Gasteiger partial charge < -0.3 is 15.4 Å². The minimum absolute atomic E-state index is 0.0149. The second-order valence-corrected chi connectivity index (χ2v) is 5.11.